The summed E-state index contributed by atoms with van der Waals surface area (Å²) in [6, 6.07) is 12.1. The molecule has 0 aliphatic rings. The first-order chi connectivity index (χ1) is 10.6. The standard InChI is InChI=1S/C12H8N2.C4H2O4.Cu.4H2O/c1-3-9-5-6-10-4-2-8-14-12(10)11(9)13-7-1;5-3(6)1-2-4(7)8;;;;;/h1-8H;(H,5,6)(H,7,8);;4*1H2/q;;+2;;;;. The van der Waals surface area contributed by atoms with Gasteiger partial charge in [-0.15, -0.1) is 0 Å². The molecule has 0 aliphatic carbocycles. The van der Waals surface area contributed by atoms with Crippen LogP contribution in [-0.2, 0) is 37.6 Å². The number of hydrogen-bond donors (Lipinski definition) is 0. The van der Waals surface area contributed by atoms with E-state index in [4.69, 9.17) is 0 Å². The number of rotatable bonds is 0. The Labute approximate surface area is 163 Å². The molecule has 10 nitrogen and oxygen atoms in total. The average Bonchev–Trinajstić information content (AvgIpc) is 2.53. The van der Waals surface area contributed by atoms with E-state index in [1.165, 1.54) is 11.8 Å². The first kappa shape index (κ1) is 31.6. The molecule has 1 aromatic carbocycles. The molecule has 0 fully saturated rings. The van der Waals surface area contributed by atoms with Crippen molar-refractivity contribution in [1.29, 1.82) is 0 Å². The van der Waals surface area contributed by atoms with E-state index in [1.807, 2.05) is 12.1 Å². The number of carboxylic acids is 2. The average molecular weight is 430 g/mol. The maximum atomic E-state index is 9.33. The van der Waals surface area contributed by atoms with Gasteiger partial charge in [0.25, 0.3) is 0 Å². The molecule has 149 valence electrons. The minimum Gasteiger partial charge on any atom is -0.537 e. The van der Waals surface area contributed by atoms with Crippen LogP contribution in [0.3, 0.4) is 0 Å². The SMILES string of the molecule is O.O.O=C([O-])C#CC(=O)[O-].[Cu+2].[OH3+].[OH3+].c1cnc2c(c1)ccc1cccnc12. The van der Waals surface area contributed by atoms with Gasteiger partial charge in [0.05, 0.1) is 11.0 Å². The molecule has 0 aliphatic heterocycles. The molecule has 27 heavy (non-hydrogen) atoms. The van der Waals surface area contributed by atoms with Crippen molar-refractivity contribution in [1.82, 2.24) is 9.97 Å². The number of hydrogen-bond acceptors (Lipinski definition) is 6. The molecule has 11 heteroatoms. The summed E-state index contributed by atoms with van der Waals surface area (Å²) in [6.45, 7) is 0. The minimum absolute atomic E-state index is 0. The van der Waals surface area contributed by atoms with Crippen LogP contribution in [-0.4, -0.2) is 32.9 Å². The Morgan fingerprint density at radius 2 is 1.07 bits per heavy atom. The zero-order valence-electron chi connectivity index (χ0n) is 13.6. The quantitative estimate of drug-likeness (QED) is 0.148. The van der Waals surface area contributed by atoms with Gasteiger partial charge in [-0.3, -0.25) is 9.97 Å². The van der Waals surface area contributed by atoms with Gasteiger partial charge in [0, 0.05) is 23.2 Å². The zero-order chi connectivity index (χ0) is 15.9. The molecule has 2 aromatic heterocycles. The van der Waals surface area contributed by atoms with Crippen LogP contribution in [0.25, 0.3) is 21.8 Å². The van der Waals surface area contributed by atoms with Crippen LogP contribution in [0.5, 0.6) is 0 Å². The molecular weight excluding hydrogens is 412 g/mol. The number of carbonyl (C=O) groups excluding carboxylic acids is 2. The van der Waals surface area contributed by atoms with E-state index >= 15 is 0 Å². The predicted molar refractivity (Wildman–Crippen MR) is 91.8 cm³/mol. The molecule has 0 bridgehead atoms. The first-order valence-corrected chi connectivity index (χ1v) is 6.10. The van der Waals surface area contributed by atoms with Gasteiger partial charge in [-0.1, -0.05) is 24.3 Å². The number of aromatic nitrogens is 2. The largest absolute Gasteiger partial charge is 2.00 e. The summed E-state index contributed by atoms with van der Waals surface area (Å²) >= 11 is 0. The Bertz CT molecular complexity index is 851. The number of pyridine rings is 2. The summed E-state index contributed by atoms with van der Waals surface area (Å²) in [7, 11) is 0. The van der Waals surface area contributed by atoms with Crippen molar-refractivity contribution in [3.63, 3.8) is 0 Å². The van der Waals surface area contributed by atoms with Crippen LogP contribution in [0.1, 0.15) is 0 Å². The molecule has 0 unspecified atom stereocenters. The molecule has 3 rings (SSSR count). The third kappa shape index (κ3) is 9.24. The Morgan fingerprint density at radius 1 is 0.741 bits per heavy atom. The summed E-state index contributed by atoms with van der Waals surface area (Å²) in [5, 5.41) is 20.9. The van der Waals surface area contributed by atoms with Crippen molar-refractivity contribution in [3.8, 4) is 11.8 Å². The van der Waals surface area contributed by atoms with Crippen molar-refractivity contribution in [2.24, 2.45) is 0 Å². The topological polar surface area (TPSA) is 235 Å². The van der Waals surface area contributed by atoms with Crippen molar-refractivity contribution in [2.75, 3.05) is 0 Å². The van der Waals surface area contributed by atoms with E-state index in [-0.39, 0.29) is 39.0 Å². The van der Waals surface area contributed by atoms with E-state index in [2.05, 4.69) is 34.2 Å². The van der Waals surface area contributed by atoms with E-state index < -0.39 is 11.9 Å². The Balaban J connectivity index is -0.000000184. The Hall–Kier alpha value is -3.10. The molecule has 0 atom stereocenters. The van der Waals surface area contributed by atoms with Gasteiger partial charge >= 0.3 is 17.1 Å². The van der Waals surface area contributed by atoms with Crippen LogP contribution in [0.2, 0.25) is 0 Å². The van der Waals surface area contributed by atoms with Crippen molar-refractivity contribution < 1.29 is 58.8 Å². The van der Waals surface area contributed by atoms with Crippen LogP contribution >= 0.6 is 0 Å². The van der Waals surface area contributed by atoms with Gasteiger partial charge in [-0.05, 0) is 24.0 Å². The van der Waals surface area contributed by atoms with Gasteiger partial charge in [-0.2, -0.15) is 0 Å². The summed E-state index contributed by atoms with van der Waals surface area (Å²) in [5.74, 6) is -0.978. The van der Waals surface area contributed by atoms with Gasteiger partial charge in [-0.25, -0.2) is 0 Å². The maximum absolute atomic E-state index is 9.33. The van der Waals surface area contributed by atoms with Gasteiger partial charge in [0.15, 0.2) is 0 Å². The maximum Gasteiger partial charge on any atom is 2.00 e. The normalized spacial score (nSPS) is 7.56. The van der Waals surface area contributed by atoms with Gasteiger partial charge in [0.2, 0.25) is 0 Å². The second-order valence-electron chi connectivity index (χ2n) is 4.04. The van der Waals surface area contributed by atoms with E-state index in [1.54, 1.807) is 12.4 Å². The molecule has 1 radical (unpaired) electrons. The van der Waals surface area contributed by atoms with Crippen LogP contribution in [0.15, 0.2) is 48.8 Å². The molecule has 0 saturated carbocycles. The van der Waals surface area contributed by atoms with Gasteiger partial charge in [0.1, 0.15) is 11.9 Å². The van der Waals surface area contributed by atoms with E-state index in [9.17, 15) is 19.8 Å². The molecule has 3 aromatic rings. The first-order valence-electron chi connectivity index (χ1n) is 6.10. The minimum atomic E-state index is -1.73. The number of nitrogens with zero attached hydrogens (tertiary/aromatic N) is 2. The molecule has 2 heterocycles. The fourth-order valence-corrected chi connectivity index (χ4v) is 1.78. The van der Waals surface area contributed by atoms with Crippen molar-refractivity contribution >= 4 is 33.7 Å². The van der Waals surface area contributed by atoms with E-state index in [0.29, 0.717) is 0 Å². The second-order valence-corrected chi connectivity index (χ2v) is 4.04. The van der Waals surface area contributed by atoms with Crippen LogP contribution < -0.4 is 10.2 Å². The Kier molecular flexibility index (Phi) is 17.8. The molecule has 0 saturated heterocycles. The zero-order valence-corrected chi connectivity index (χ0v) is 14.5. The summed E-state index contributed by atoms with van der Waals surface area (Å²) in [6.07, 6.45) is 3.60. The fourth-order valence-electron chi connectivity index (χ4n) is 1.78. The number of carboxylic acid groups (broad SMARTS) is 2. The van der Waals surface area contributed by atoms with Crippen molar-refractivity contribution in [3.05, 3.63) is 48.8 Å². The van der Waals surface area contributed by atoms with Crippen LogP contribution in [0, 0.1) is 11.8 Å². The summed E-state index contributed by atoms with van der Waals surface area (Å²) in [4.78, 5) is 27.3. The van der Waals surface area contributed by atoms with Gasteiger partial charge < -0.3 is 41.7 Å². The summed E-state index contributed by atoms with van der Waals surface area (Å²) < 4.78 is 0. The van der Waals surface area contributed by atoms with Crippen LogP contribution in [0.4, 0.5) is 0 Å². The molecule has 10 N–H and O–H groups in total. The molecule has 0 spiro atoms. The number of fused-ring (bicyclic) bond motifs is 3. The number of carbonyl (C=O) groups is 2. The van der Waals surface area contributed by atoms with Crippen molar-refractivity contribution in [2.45, 2.75) is 0 Å². The smallest absolute Gasteiger partial charge is 0.537 e. The monoisotopic (exact) mass is 429 g/mol. The summed E-state index contributed by atoms with van der Waals surface area (Å²) in [5.41, 5.74) is 1.95. The molecular formula is C16H18CuN2O8+2. The predicted octanol–water partition coefficient (Wildman–Crippen LogP) is -4.22. The third-order valence-corrected chi connectivity index (χ3v) is 2.61. The third-order valence-electron chi connectivity index (χ3n) is 2.61. The number of benzene rings is 1. The number of aliphatic carboxylic acids is 2. The fraction of sp³-hybridized carbons (Fsp3) is 0. The second kappa shape index (κ2) is 15.2. The Morgan fingerprint density at radius 3 is 1.37 bits per heavy atom. The van der Waals surface area contributed by atoms with E-state index in [0.717, 1.165) is 21.8 Å². The molecule has 0 amide bonds.